The minimum absolute atomic E-state index is 0.0773. The molecule has 0 aliphatic carbocycles. The molecule has 7 nitrogen and oxygen atoms in total. The maximum Gasteiger partial charge on any atom is 0.339 e. The normalized spacial score (nSPS) is 9.47. The van der Waals surface area contributed by atoms with Gasteiger partial charge in [0.25, 0.3) is 5.69 Å². The Balaban J connectivity index is 3.61. The molecule has 0 unspecified atom stereocenters. The average molecular weight is 236 g/mol. The van der Waals surface area contributed by atoms with Gasteiger partial charge in [-0.3, -0.25) is 10.1 Å². The summed E-state index contributed by atoms with van der Waals surface area (Å²) in [5.41, 5.74) is -0.994. The monoisotopic (exact) mass is 236 g/mol. The summed E-state index contributed by atoms with van der Waals surface area (Å²) < 4.78 is 4.43. The van der Waals surface area contributed by atoms with Gasteiger partial charge in [0.2, 0.25) is 0 Å². The summed E-state index contributed by atoms with van der Waals surface area (Å²) in [5.74, 6) is -0.894. The summed E-state index contributed by atoms with van der Waals surface area (Å²) in [6.07, 6.45) is 0. The van der Waals surface area contributed by atoms with Crippen molar-refractivity contribution in [3.05, 3.63) is 38.9 Å². The first-order valence-corrected chi connectivity index (χ1v) is 4.46. The summed E-state index contributed by atoms with van der Waals surface area (Å²) in [5, 5.41) is 28.6. The summed E-state index contributed by atoms with van der Waals surface area (Å²) in [4.78, 5) is 21.4. The van der Waals surface area contributed by atoms with Crippen LogP contribution in [0, 0.1) is 21.4 Å². The van der Waals surface area contributed by atoms with E-state index in [9.17, 15) is 14.9 Å². The molecule has 1 aromatic rings. The van der Waals surface area contributed by atoms with E-state index in [4.69, 9.17) is 10.4 Å². The number of nitro benzene ring substituents is 1. The molecule has 0 heterocycles. The van der Waals surface area contributed by atoms with Crippen LogP contribution >= 0.6 is 0 Å². The summed E-state index contributed by atoms with van der Waals surface area (Å²) in [6.45, 7) is -0.726. The van der Waals surface area contributed by atoms with Gasteiger partial charge >= 0.3 is 5.97 Å². The molecule has 1 aromatic carbocycles. The minimum Gasteiger partial charge on any atom is -0.465 e. The zero-order chi connectivity index (χ0) is 13.0. The lowest BCUT2D eigenvalue weighted by atomic mass is 10.0. The summed E-state index contributed by atoms with van der Waals surface area (Å²) in [7, 11) is 1.09. The largest absolute Gasteiger partial charge is 0.465 e. The van der Waals surface area contributed by atoms with Crippen LogP contribution in [0.1, 0.15) is 21.5 Å². The van der Waals surface area contributed by atoms with Crippen LogP contribution in [0.15, 0.2) is 12.1 Å². The molecule has 0 saturated carbocycles. The fraction of sp³-hybridized carbons (Fsp3) is 0.200. The molecule has 0 amide bonds. The van der Waals surface area contributed by atoms with E-state index in [0.29, 0.717) is 0 Å². The van der Waals surface area contributed by atoms with Crippen molar-refractivity contribution in [1.82, 2.24) is 0 Å². The van der Waals surface area contributed by atoms with E-state index in [2.05, 4.69) is 4.74 Å². The molecule has 17 heavy (non-hydrogen) atoms. The predicted octanol–water partition coefficient (Wildman–Crippen LogP) is 0.745. The maximum atomic E-state index is 11.4. The highest BCUT2D eigenvalue weighted by molar-refractivity contribution is 5.95. The number of esters is 1. The molecule has 0 saturated heterocycles. The standard InChI is InChI=1S/C10H8N2O5/c1-17-10(14)9-6(4-11)2-3-8(12(15)16)7(9)5-13/h2-3,13H,5H2,1H3. The van der Waals surface area contributed by atoms with E-state index in [1.807, 2.05) is 0 Å². The number of aliphatic hydroxyl groups is 1. The number of methoxy groups -OCH3 is 1. The first-order chi connectivity index (χ1) is 8.06. The fourth-order valence-corrected chi connectivity index (χ4v) is 1.40. The Labute approximate surface area is 96.0 Å². The van der Waals surface area contributed by atoms with Gasteiger partial charge in [-0.25, -0.2) is 4.79 Å². The van der Waals surface area contributed by atoms with Crippen LogP contribution in [-0.2, 0) is 11.3 Å². The Bertz CT molecular complexity index is 518. The van der Waals surface area contributed by atoms with E-state index >= 15 is 0 Å². The van der Waals surface area contributed by atoms with E-state index in [0.717, 1.165) is 19.2 Å². The second kappa shape index (κ2) is 5.05. The van der Waals surface area contributed by atoms with Gasteiger partial charge in [-0.05, 0) is 6.07 Å². The van der Waals surface area contributed by atoms with Crippen molar-refractivity contribution in [1.29, 1.82) is 5.26 Å². The van der Waals surface area contributed by atoms with Crippen molar-refractivity contribution in [2.45, 2.75) is 6.61 Å². The van der Waals surface area contributed by atoms with Gasteiger partial charge < -0.3 is 9.84 Å². The molecule has 0 atom stereocenters. The molecule has 0 aliphatic heterocycles. The number of rotatable bonds is 3. The number of carbonyl (C=O) groups is 1. The first-order valence-electron chi connectivity index (χ1n) is 4.46. The van der Waals surface area contributed by atoms with Gasteiger partial charge in [-0.15, -0.1) is 0 Å². The Morgan fingerprint density at radius 2 is 2.29 bits per heavy atom. The van der Waals surface area contributed by atoms with Crippen LogP contribution < -0.4 is 0 Å². The van der Waals surface area contributed by atoms with E-state index in [1.54, 1.807) is 6.07 Å². The number of carbonyl (C=O) groups excluding carboxylic acids is 1. The average Bonchev–Trinajstić information content (AvgIpc) is 2.35. The zero-order valence-electron chi connectivity index (χ0n) is 8.84. The minimum atomic E-state index is -0.894. The molecule has 0 spiro atoms. The molecule has 0 fully saturated rings. The zero-order valence-corrected chi connectivity index (χ0v) is 8.84. The van der Waals surface area contributed by atoms with Crippen molar-refractivity contribution in [3.63, 3.8) is 0 Å². The Morgan fingerprint density at radius 3 is 2.71 bits per heavy atom. The van der Waals surface area contributed by atoms with Crippen molar-refractivity contribution < 1.29 is 19.6 Å². The quantitative estimate of drug-likeness (QED) is 0.470. The van der Waals surface area contributed by atoms with Gasteiger partial charge in [-0.2, -0.15) is 5.26 Å². The number of nitrogens with zero attached hydrogens (tertiary/aromatic N) is 2. The van der Waals surface area contributed by atoms with Gasteiger partial charge in [0.05, 0.1) is 35.3 Å². The molecule has 0 aromatic heterocycles. The Hall–Kier alpha value is -2.46. The third kappa shape index (κ3) is 2.21. The first kappa shape index (κ1) is 12.6. The molecule has 1 N–H and O–H groups in total. The molecule has 88 valence electrons. The molecular weight excluding hydrogens is 228 g/mol. The third-order valence-corrected chi connectivity index (χ3v) is 2.15. The highest BCUT2D eigenvalue weighted by Crippen LogP contribution is 2.26. The number of nitro groups is 1. The lowest BCUT2D eigenvalue weighted by Crippen LogP contribution is -2.11. The molecule has 1 rings (SSSR count). The second-order valence-corrected chi connectivity index (χ2v) is 3.00. The van der Waals surface area contributed by atoms with Crippen LogP contribution in [0.2, 0.25) is 0 Å². The maximum absolute atomic E-state index is 11.4. The van der Waals surface area contributed by atoms with Crippen molar-refractivity contribution >= 4 is 11.7 Å². The SMILES string of the molecule is COC(=O)c1c(C#N)ccc([N+](=O)[O-])c1CO. The van der Waals surface area contributed by atoms with Gasteiger partial charge in [0.15, 0.2) is 0 Å². The molecule has 7 heteroatoms. The van der Waals surface area contributed by atoms with E-state index < -0.39 is 23.2 Å². The molecule has 0 aliphatic rings. The topological polar surface area (TPSA) is 113 Å². The number of ether oxygens (including phenoxy) is 1. The van der Waals surface area contributed by atoms with E-state index in [1.165, 1.54) is 0 Å². The van der Waals surface area contributed by atoms with Crippen LogP contribution in [-0.4, -0.2) is 23.1 Å². The van der Waals surface area contributed by atoms with Crippen molar-refractivity contribution in [2.24, 2.45) is 0 Å². The lowest BCUT2D eigenvalue weighted by molar-refractivity contribution is -0.385. The summed E-state index contributed by atoms with van der Waals surface area (Å²) >= 11 is 0. The number of nitriles is 1. The molecule has 0 bridgehead atoms. The third-order valence-electron chi connectivity index (χ3n) is 2.15. The van der Waals surface area contributed by atoms with Gasteiger partial charge in [0.1, 0.15) is 6.07 Å². The smallest absolute Gasteiger partial charge is 0.339 e. The van der Waals surface area contributed by atoms with Crippen molar-refractivity contribution in [2.75, 3.05) is 7.11 Å². The summed E-state index contributed by atoms with van der Waals surface area (Å²) in [6, 6.07) is 3.93. The number of hydrogen-bond donors (Lipinski definition) is 1. The van der Waals surface area contributed by atoms with Crippen LogP contribution in [0.3, 0.4) is 0 Å². The number of aliphatic hydroxyl groups excluding tert-OH is 1. The Kier molecular flexibility index (Phi) is 3.74. The van der Waals surface area contributed by atoms with Gasteiger partial charge in [0, 0.05) is 6.07 Å². The van der Waals surface area contributed by atoms with Crippen LogP contribution in [0.25, 0.3) is 0 Å². The fourth-order valence-electron chi connectivity index (χ4n) is 1.40. The van der Waals surface area contributed by atoms with Crippen LogP contribution in [0.4, 0.5) is 5.69 Å². The van der Waals surface area contributed by atoms with Crippen LogP contribution in [0.5, 0.6) is 0 Å². The van der Waals surface area contributed by atoms with Gasteiger partial charge in [-0.1, -0.05) is 0 Å². The predicted molar refractivity (Wildman–Crippen MR) is 55.1 cm³/mol. The molecule has 0 radical (unpaired) electrons. The second-order valence-electron chi connectivity index (χ2n) is 3.00. The lowest BCUT2D eigenvalue weighted by Gasteiger charge is -2.07. The highest BCUT2D eigenvalue weighted by Gasteiger charge is 2.25. The highest BCUT2D eigenvalue weighted by atomic mass is 16.6. The number of hydrogen-bond acceptors (Lipinski definition) is 6. The Morgan fingerprint density at radius 1 is 1.65 bits per heavy atom. The number of benzene rings is 1. The van der Waals surface area contributed by atoms with Crippen molar-refractivity contribution in [3.8, 4) is 6.07 Å². The van der Waals surface area contributed by atoms with E-state index in [-0.39, 0.29) is 16.7 Å². The molecular formula is C10H8N2O5.